The van der Waals surface area contributed by atoms with Crippen molar-refractivity contribution in [2.24, 2.45) is 0 Å². The summed E-state index contributed by atoms with van der Waals surface area (Å²) in [6.07, 6.45) is 2.18. The lowest BCUT2D eigenvalue weighted by molar-refractivity contribution is -0.154. The molecule has 28 heavy (non-hydrogen) atoms. The number of aryl methyl sites for hydroxylation is 3. The van der Waals surface area contributed by atoms with Gasteiger partial charge in [0.1, 0.15) is 5.75 Å². The van der Waals surface area contributed by atoms with Crippen LogP contribution in [0, 0.1) is 20.8 Å². The van der Waals surface area contributed by atoms with Crippen LogP contribution >= 0.6 is 0 Å². The topological polar surface area (TPSA) is 90.0 Å². The molecule has 1 saturated heterocycles. The summed E-state index contributed by atoms with van der Waals surface area (Å²) in [5.41, 5.74) is 2.98. The van der Waals surface area contributed by atoms with E-state index in [1.165, 1.54) is 0 Å². The molecule has 2 aliphatic rings. The molecule has 7 nitrogen and oxygen atoms in total. The monoisotopic (exact) mass is 409 g/mol. The predicted octanol–water partition coefficient (Wildman–Crippen LogP) is 1.71. The lowest BCUT2D eigenvalue weighted by atomic mass is 10.1. The van der Waals surface area contributed by atoms with Crippen LogP contribution in [0.1, 0.15) is 36.0 Å². The second-order valence-corrected chi connectivity index (χ2v) is 9.99. The van der Waals surface area contributed by atoms with Crippen LogP contribution in [-0.4, -0.2) is 62.0 Å². The van der Waals surface area contributed by atoms with Crippen LogP contribution in [0.2, 0.25) is 0 Å². The molecule has 154 valence electrons. The first kappa shape index (κ1) is 20.6. The maximum atomic E-state index is 12.6. The van der Waals surface area contributed by atoms with Crippen molar-refractivity contribution in [3.63, 3.8) is 0 Å². The highest BCUT2D eigenvalue weighted by atomic mass is 32.2. The fourth-order valence-electron chi connectivity index (χ4n) is 3.84. The molecule has 1 aromatic carbocycles. The second-order valence-electron chi connectivity index (χ2n) is 7.77. The molecule has 1 aliphatic heterocycles. The van der Waals surface area contributed by atoms with Gasteiger partial charge in [0.2, 0.25) is 0 Å². The Kier molecular flexibility index (Phi) is 5.98. The maximum absolute atomic E-state index is 12.6. The van der Waals surface area contributed by atoms with E-state index < -0.39 is 15.8 Å². The Morgan fingerprint density at radius 3 is 2.21 bits per heavy atom. The standard InChI is InChI=1S/C20H27NO6S/c1-13-8-14(2)20(15(3)9-13)27-11-19(23)26-10-18(22)21(16-4-5-16)17-6-7-28(24,25)12-17/h8-9,16-17H,4-7,10-12H2,1-3H3/t17-/m0/s1. The van der Waals surface area contributed by atoms with Crippen molar-refractivity contribution in [3.05, 3.63) is 28.8 Å². The third-order valence-corrected chi connectivity index (χ3v) is 6.88. The van der Waals surface area contributed by atoms with Crippen LogP contribution in [0.25, 0.3) is 0 Å². The normalized spacial score (nSPS) is 20.6. The molecule has 1 aromatic rings. The SMILES string of the molecule is Cc1cc(C)c(OCC(=O)OCC(=O)N(C2CC2)[C@H]2CCS(=O)(=O)C2)c(C)c1. The van der Waals surface area contributed by atoms with Crippen LogP contribution < -0.4 is 4.74 Å². The molecule has 1 heterocycles. The maximum Gasteiger partial charge on any atom is 0.344 e. The zero-order chi connectivity index (χ0) is 20.5. The van der Waals surface area contributed by atoms with Gasteiger partial charge in [-0.2, -0.15) is 0 Å². The average molecular weight is 410 g/mol. The first-order valence-electron chi connectivity index (χ1n) is 9.54. The van der Waals surface area contributed by atoms with Gasteiger partial charge in [0.15, 0.2) is 23.1 Å². The van der Waals surface area contributed by atoms with E-state index in [-0.39, 0.29) is 42.7 Å². The minimum absolute atomic E-state index is 0.00171. The minimum Gasteiger partial charge on any atom is -0.481 e. The number of carbonyl (C=O) groups excluding carboxylic acids is 2. The van der Waals surface area contributed by atoms with Gasteiger partial charge in [-0.05, 0) is 51.2 Å². The zero-order valence-electron chi connectivity index (χ0n) is 16.6. The number of esters is 1. The Morgan fingerprint density at radius 1 is 1.04 bits per heavy atom. The molecule has 1 amide bonds. The van der Waals surface area contributed by atoms with Crippen LogP contribution in [0.3, 0.4) is 0 Å². The van der Waals surface area contributed by atoms with Gasteiger partial charge >= 0.3 is 5.97 Å². The minimum atomic E-state index is -3.08. The van der Waals surface area contributed by atoms with Crippen LogP contribution in [0.4, 0.5) is 0 Å². The first-order valence-corrected chi connectivity index (χ1v) is 11.4. The van der Waals surface area contributed by atoms with Gasteiger partial charge in [-0.15, -0.1) is 0 Å². The molecule has 0 unspecified atom stereocenters. The molecule has 0 N–H and O–H groups in total. The molecule has 0 aromatic heterocycles. The van der Waals surface area contributed by atoms with Gasteiger partial charge in [0.25, 0.3) is 5.91 Å². The number of amides is 1. The van der Waals surface area contributed by atoms with Crippen molar-refractivity contribution in [2.75, 3.05) is 24.7 Å². The van der Waals surface area contributed by atoms with Gasteiger partial charge in [-0.1, -0.05) is 17.7 Å². The lowest BCUT2D eigenvalue weighted by Crippen LogP contribution is -2.45. The number of carbonyl (C=O) groups is 2. The summed E-state index contributed by atoms with van der Waals surface area (Å²) in [4.78, 5) is 26.2. The Hall–Kier alpha value is -2.09. The zero-order valence-corrected chi connectivity index (χ0v) is 17.4. The number of nitrogens with zero attached hydrogens (tertiary/aromatic N) is 1. The van der Waals surface area contributed by atoms with Crippen molar-refractivity contribution in [3.8, 4) is 5.75 Å². The molecular formula is C20H27NO6S. The second kappa shape index (κ2) is 8.11. The van der Waals surface area contributed by atoms with Gasteiger partial charge in [-0.25, -0.2) is 13.2 Å². The van der Waals surface area contributed by atoms with E-state index in [2.05, 4.69) is 0 Å². The van der Waals surface area contributed by atoms with E-state index in [4.69, 9.17) is 9.47 Å². The molecule has 0 radical (unpaired) electrons. The number of ether oxygens (including phenoxy) is 2. The number of rotatable bonds is 7. The van der Waals surface area contributed by atoms with Crippen molar-refractivity contribution >= 4 is 21.7 Å². The number of hydrogen-bond acceptors (Lipinski definition) is 6. The third-order valence-electron chi connectivity index (χ3n) is 5.13. The molecule has 8 heteroatoms. The lowest BCUT2D eigenvalue weighted by Gasteiger charge is -2.28. The molecule has 0 spiro atoms. The highest BCUT2D eigenvalue weighted by Gasteiger charge is 2.42. The number of benzene rings is 1. The smallest absolute Gasteiger partial charge is 0.344 e. The predicted molar refractivity (Wildman–Crippen MR) is 104 cm³/mol. The molecule has 0 bridgehead atoms. The average Bonchev–Trinajstić information content (AvgIpc) is 3.35. The summed E-state index contributed by atoms with van der Waals surface area (Å²) < 4.78 is 34.1. The summed E-state index contributed by atoms with van der Waals surface area (Å²) in [5, 5.41) is 0. The van der Waals surface area contributed by atoms with Gasteiger partial charge in [0, 0.05) is 12.1 Å². The summed E-state index contributed by atoms with van der Waals surface area (Å²) in [6, 6.07) is 3.71. The molecule has 2 fully saturated rings. The van der Waals surface area contributed by atoms with E-state index in [0.29, 0.717) is 12.2 Å². The van der Waals surface area contributed by atoms with Gasteiger partial charge < -0.3 is 14.4 Å². The molecule has 1 saturated carbocycles. The molecule has 1 atom stereocenters. The van der Waals surface area contributed by atoms with Gasteiger partial charge in [-0.3, -0.25) is 4.79 Å². The largest absolute Gasteiger partial charge is 0.481 e. The van der Waals surface area contributed by atoms with Crippen molar-refractivity contribution in [1.29, 1.82) is 0 Å². The highest BCUT2D eigenvalue weighted by Crippen LogP contribution is 2.32. The van der Waals surface area contributed by atoms with E-state index in [1.807, 2.05) is 32.9 Å². The molecule has 3 rings (SSSR count). The Labute approximate surface area is 165 Å². The summed E-state index contributed by atoms with van der Waals surface area (Å²) >= 11 is 0. The molecule has 1 aliphatic carbocycles. The number of hydrogen-bond donors (Lipinski definition) is 0. The van der Waals surface area contributed by atoms with Crippen LogP contribution in [0.5, 0.6) is 5.75 Å². The van der Waals surface area contributed by atoms with E-state index >= 15 is 0 Å². The molecular weight excluding hydrogens is 382 g/mol. The third kappa shape index (κ3) is 5.04. The van der Waals surface area contributed by atoms with Crippen molar-refractivity contribution in [1.82, 2.24) is 4.90 Å². The van der Waals surface area contributed by atoms with E-state index in [9.17, 15) is 18.0 Å². The first-order chi connectivity index (χ1) is 13.2. The van der Waals surface area contributed by atoms with E-state index in [1.54, 1.807) is 4.90 Å². The fraction of sp³-hybridized carbons (Fsp3) is 0.600. The Morgan fingerprint density at radius 2 is 1.68 bits per heavy atom. The quantitative estimate of drug-likeness (QED) is 0.637. The van der Waals surface area contributed by atoms with Crippen molar-refractivity contribution < 1.29 is 27.5 Å². The van der Waals surface area contributed by atoms with Crippen LogP contribution in [0.15, 0.2) is 12.1 Å². The number of sulfone groups is 1. The van der Waals surface area contributed by atoms with Crippen molar-refractivity contribution in [2.45, 2.75) is 52.1 Å². The fourth-order valence-corrected chi connectivity index (χ4v) is 5.55. The Bertz CT molecular complexity index is 852. The van der Waals surface area contributed by atoms with Crippen LogP contribution in [-0.2, 0) is 24.2 Å². The van der Waals surface area contributed by atoms with Gasteiger partial charge in [0.05, 0.1) is 11.5 Å². The summed E-state index contributed by atoms with van der Waals surface area (Å²) in [5.74, 6) is -0.206. The van der Waals surface area contributed by atoms with E-state index in [0.717, 1.165) is 29.5 Å². The summed E-state index contributed by atoms with van der Waals surface area (Å²) in [7, 11) is -3.08. The highest BCUT2D eigenvalue weighted by molar-refractivity contribution is 7.91. The Balaban J connectivity index is 1.52. The summed E-state index contributed by atoms with van der Waals surface area (Å²) in [6.45, 7) is 5.14.